The molecule has 1 unspecified atom stereocenters. The van der Waals surface area contributed by atoms with Crippen molar-refractivity contribution in [3.8, 4) is 0 Å². The summed E-state index contributed by atoms with van der Waals surface area (Å²) < 4.78 is 15.1. The average Bonchev–Trinajstić information content (AvgIpc) is 2.34. The minimum Gasteiger partial charge on any atom is -0.487 e. The third-order valence-corrected chi connectivity index (χ3v) is 1.78. The highest BCUT2D eigenvalue weighted by Gasteiger charge is 2.29. The third kappa shape index (κ3) is 10.5. The zero-order valence-electron chi connectivity index (χ0n) is 12.4. The summed E-state index contributed by atoms with van der Waals surface area (Å²) in [7, 11) is 1.49. The summed E-state index contributed by atoms with van der Waals surface area (Å²) in [6.45, 7) is 11.1. The molecule has 0 aromatic heterocycles. The Labute approximate surface area is 115 Å². The normalized spacial score (nSPS) is 11.9. The van der Waals surface area contributed by atoms with Crippen molar-refractivity contribution in [1.29, 1.82) is 0 Å². The molecule has 0 amide bonds. The molecule has 0 spiro atoms. The van der Waals surface area contributed by atoms with Gasteiger partial charge in [-0.2, -0.15) is 0 Å². The maximum Gasteiger partial charge on any atom is 0.375 e. The van der Waals surface area contributed by atoms with Gasteiger partial charge in [-0.3, -0.25) is 0 Å². The van der Waals surface area contributed by atoms with Gasteiger partial charge in [-0.25, -0.2) is 4.79 Å². The predicted molar refractivity (Wildman–Crippen MR) is 71.3 cm³/mol. The van der Waals surface area contributed by atoms with E-state index in [0.717, 1.165) is 0 Å². The van der Waals surface area contributed by atoms with Gasteiger partial charge >= 0.3 is 5.97 Å². The number of carbonyl (C=O) groups excluding carboxylic acids is 1. The van der Waals surface area contributed by atoms with Crippen LogP contribution in [0.3, 0.4) is 0 Å². The quantitative estimate of drug-likeness (QED) is 0.327. The molecule has 0 saturated heterocycles. The standard InChI is InChI=1S/C11H20O4.C2H6O2/c1-7-14-8(2)9(12)15-10(13-6)11(3,4)5;3-1-2-4/h10H,2,7H2,1,3-6H3;3-4H,1-2H2. The van der Waals surface area contributed by atoms with E-state index < -0.39 is 12.3 Å². The molecule has 19 heavy (non-hydrogen) atoms. The van der Waals surface area contributed by atoms with E-state index in [9.17, 15) is 4.79 Å². The van der Waals surface area contributed by atoms with Gasteiger partial charge in [-0.15, -0.1) is 0 Å². The van der Waals surface area contributed by atoms with Crippen LogP contribution in [-0.4, -0.2) is 49.4 Å². The highest BCUT2D eigenvalue weighted by molar-refractivity contribution is 5.85. The second-order valence-electron chi connectivity index (χ2n) is 4.64. The molecular weight excluding hydrogens is 252 g/mol. The van der Waals surface area contributed by atoms with E-state index in [1.807, 2.05) is 20.8 Å². The molecule has 6 nitrogen and oxygen atoms in total. The molecule has 0 rings (SSSR count). The Balaban J connectivity index is 0. The molecule has 0 aliphatic heterocycles. The molecule has 2 N–H and O–H groups in total. The molecule has 114 valence electrons. The Hall–Kier alpha value is -1.11. The van der Waals surface area contributed by atoms with E-state index in [0.29, 0.717) is 6.61 Å². The molecule has 0 saturated carbocycles. The first-order chi connectivity index (χ1) is 8.74. The lowest BCUT2D eigenvalue weighted by Gasteiger charge is -2.28. The van der Waals surface area contributed by atoms with Crippen LogP contribution in [0, 0.1) is 5.41 Å². The van der Waals surface area contributed by atoms with Gasteiger partial charge in [0.15, 0.2) is 5.76 Å². The SMILES string of the molecule is C=C(OCC)C(=O)OC(OC)C(C)(C)C.OCCO. The largest absolute Gasteiger partial charge is 0.487 e. The monoisotopic (exact) mass is 278 g/mol. The van der Waals surface area contributed by atoms with E-state index in [-0.39, 0.29) is 24.4 Å². The smallest absolute Gasteiger partial charge is 0.375 e. The van der Waals surface area contributed by atoms with Crippen molar-refractivity contribution >= 4 is 5.97 Å². The molecule has 0 aromatic rings. The van der Waals surface area contributed by atoms with Gasteiger partial charge in [0.25, 0.3) is 0 Å². The van der Waals surface area contributed by atoms with Crippen LogP contribution >= 0.6 is 0 Å². The Morgan fingerprint density at radius 2 is 1.74 bits per heavy atom. The molecular formula is C13H26O6. The summed E-state index contributed by atoms with van der Waals surface area (Å²) in [5, 5.41) is 15.2. The lowest BCUT2D eigenvalue weighted by molar-refractivity contribution is -0.194. The Kier molecular flexibility index (Phi) is 11.5. The molecule has 0 radical (unpaired) electrons. The Bertz CT molecular complexity index is 254. The Morgan fingerprint density at radius 3 is 2.00 bits per heavy atom. The minimum absolute atomic E-state index is 0.00352. The van der Waals surface area contributed by atoms with Crippen LogP contribution in [0.25, 0.3) is 0 Å². The van der Waals surface area contributed by atoms with Crippen molar-refractivity contribution in [1.82, 2.24) is 0 Å². The van der Waals surface area contributed by atoms with Crippen LogP contribution in [0.4, 0.5) is 0 Å². The van der Waals surface area contributed by atoms with Crippen molar-refractivity contribution in [3.63, 3.8) is 0 Å². The number of esters is 1. The molecule has 0 bridgehead atoms. The van der Waals surface area contributed by atoms with Crippen LogP contribution in [0.15, 0.2) is 12.3 Å². The van der Waals surface area contributed by atoms with Gasteiger partial charge in [0.1, 0.15) is 0 Å². The topological polar surface area (TPSA) is 85.2 Å². The fraction of sp³-hybridized carbons (Fsp3) is 0.769. The Morgan fingerprint density at radius 1 is 1.26 bits per heavy atom. The summed E-state index contributed by atoms with van der Waals surface area (Å²) in [5.74, 6) is -0.581. The molecule has 0 heterocycles. The van der Waals surface area contributed by atoms with Crippen LogP contribution in [0.5, 0.6) is 0 Å². The first-order valence-corrected chi connectivity index (χ1v) is 6.01. The number of hydrogen-bond acceptors (Lipinski definition) is 6. The van der Waals surface area contributed by atoms with Gasteiger partial charge < -0.3 is 24.4 Å². The second kappa shape index (κ2) is 10.8. The summed E-state index contributed by atoms with van der Waals surface area (Å²) in [5.41, 5.74) is -0.281. The second-order valence-corrected chi connectivity index (χ2v) is 4.64. The number of rotatable bonds is 6. The van der Waals surface area contributed by atoms with Crippen molar-refractivity contribution in [2.45, 2.75) is 34.0 Å². The zero-order chi connectivity index (χ0) is 15.5. The van der Waals surface area contributed by atoms with Crippen molar-refractivity contribution in [3.05, 3.63) is 12.3 Å². The van der Waals surface area contributed by atoms with Crippen LogP contribution in [0.2, 0.25) is 0 Å². The van der Waals surface area contributed by atoms with E-state index in [1.54, 1.807) is 6.92 Å². The molecule has 0 aromatic carbocycles. The van der Waals surface area contributed by atoms with Gasteiger partial charge in [-0.1, -0.05) is 20.8 Å². The number of hydrogen-bond donors (Lipinski definition) is 2. The summed E-state index contributed by atoms with van der Waals surface area (Å²) in [6, 6.07) is 0. The van der Waals surface area contributed by atoms with Gasteiger partial charge in [0.2, 0.25) is 6.29 Å². The van der Waals surface area contributed by atoms with Crippen molar-refractivity contribution in [2.75, 3.05) is 26.9 Å². The lowest BCUT2D eigenvalue weighted by Crippen LogP contribution is -2.33. The fourth-order valence-electron chi connectivity index (χ4n) is 0.975. The van der Waals surface area contributed by atoms with Gasteiger partial charge in [-0.05, 0) is 13.5 Å². The highest BCUT2D eigenvalue weighted by Crippen LogP contribution is 2.23. The summed E-state index contributed by atoms with van der Waals surface area (Å²) in [4.78, 5) is 11.4. The minimum atomic E-state index is -0.609. The highest BCUT2D eigenvalue weighted by atomic mass is 16.7. The van der Waals surface area contributed by atoms with Gasteiger partial charge in [0, 0.05) is 12.5 Å². The molecule has 1 atom stereocenters. The molecule has 6 heteroatoms. The number of aliphatic hydroxyl groups excluding tert-OH is 2. The molecule has 0 fully saturated rings. The lowest BCUT2D eigenvalue weighted by atomic mass is 9.96. The molecule has 0 aliphatic carbocycles. The summed E-state index contributed by atoms with van der Waals surface area (Å²) >= 11 is 0. The first kappa shape index (κ1) is 20.2. The maximum atomic E-state index is 11.4. The third-order valence-electron chi connectivity index (χ3n) is 1.78. The fourth-order valence-corrected chi connectivity index (χ4v) is 0.975. The van der Waals surface area contributed by atoms with Crippen LogP contribution < -0.4 is 0 Å². The first-order valence-electron chi connectivity index (χ1n) is 6.01. The number of methoxy groups -OCH3 is 1. The molecule has 0 aliphatic rings. The number of aliphatic hydroxyl groups is 2. The van der Waals surface area contributed by atoms with E-state index in [2.05, 4.69) is 6.58 Å². The van der Waals surface area contributed by atoms with Crippen LogP contribution in [0.1, 0.15) is 27.7 Å². The van der Waals surface area contributed by atoms with Crippen molar-refractivity contribution in [2.24, 2.45) is 5.41 Å². The average molecular weight is 278 g/mol. The van der Waals surface area contributed by atoms with Gasteiger partial charge in [0.05, 0.1) is 19.8 Å². The van der Waals surface area contributed by atoms with Crippen LogP contribution in [-0.2, 0) is 19.0 Å². The van der Waals surface area contributed by atoms with E-state index in [1.165, 1.54) is 7.11 Å². The maximum absolute atomic E-state index is 11.4. The number of carbonyl (C=O) groups is 1. The van der Waals surface area contributed by atoms with Crippen molar-refractivity contribution < 1.29 is 29.2 Å². The van der Waals surface area contributed by atoms with E-state index in [4.69, 9.17) is 24.4 Å². The number of ether oxygens (including phenoxy) is 3. The van der Waals surface area contributed by atoms with E-state index >= 15 is 0 Å². The summed E-state index contributed by atoms with van der Waals surface area (Å²) in [6.07, 6.45) is -0.609. The zero-order valence-corrected chi connectivity index (χ0v) is 12.4. The predicted octanol–water partition coefficient (Wildman–Crippen LogP) is 1.07.